The molecule has 1 saturated carbocycles. The first-order valence-corrected chi connectivity index (χ1v) is 7.92. The van der Waals surface area contributed by atoms with Crippen molar-refractivity contribution in [2.75, 3.05) is 5.73 Å². The van der Waals surface area contributed by atoms with Crippen LogP contribution in [0.25, 0.3) is 10.9 Å². The van der Waals surface area contributed by atoms with Gasteiger partial charge in [-0.2, -0.15) is 0 Å². The van der Waals surface area contributed by atoms with E-state index in [9.17, 15) is 0 Å². The maximum Gasteiger partial charge on any atom is 0.0859 e. The molecule has 4 heteroatoms. The van der Waals surface area contributed by atoms with Crippen molar-refractivity contribution in [3.63, 3.8) is 0 Å². The third-order valence-electron chi connectivity index (χ3n) is 3.41. The minimum Gasteiger partial charge on any atom is -0.398 e. The number of fused-ring (bicyclic) bond motifs is 1. The zero-order chi connectivity index (χ0) is 12.5. The fraction of sp³-hybridized carbons (Fsp3) is 0.357. The van der Waals surface area contributed by atoms with E-state index >= 15 is 0 Å². The van der Waals surface area contributed by atoms with Crippen molar-refractivity contribution in [1.29, 1.82) is 0 Å². The standard InChI is InChI=1S/C14H15BrN2S/c15-9-7-11-12(16)5-6-13(14(11)17-8-9)18-10-3-1-2-4-10/h5-8,10H,1-4,16H2. The second kappa shape index (κ2) is 5.10. The quantitative estimate of drug-likeness (QED) is 0.820. The highest BCUT2D eigenvalue weighted by atomic mass is 79.9. The van der Waals surface area contributed by atoms with Gasteiger partial charge in [-0.25, -0.2) is 0 Å². The first kappa shape index (κ1) is 12.3. The molecule has 0 radical (unpaired) electrons. The monoisotopic (exact) mass is 322 g/mol. The van der Waals surface area contributed by atoms with E-state index in [1.165, 1.54) is 30.6 Å². The van der Waals surface area contributed by atoms with Crippen molar-refractivity contribution in [3.05, 3.63) is 28.9 Å². The molecule has 0 amide bonds. The van der Waals surface area contributed by atoms with Crippen molar-refractivity contribution >= 4 is 44.3 Å². The summed E-state index contributed by atoms with van der Waals surface area (Å²) in [5.41, 5.74) is 7.87. The normalized spacial score (nSPS) is 16.5. The van der Waals surface area contributed by atoms with Crippen molar-refractivity contribution in [3.8, 4) is 0 Å². The van der Waals surface area contributed by atoms with E-state index in [0.29, 0.717) is 0 Å². The van der Waals surface area contributed by atoms with Gasteiger partial charge in [0, 0.05) is 31.9 Å². The number of benzene rings is 1. The number of halogens is 1. The Balaban J connectivity index is 2.03. The average molecular weight is 323 g/mol. The highest BCUT2D eigenvalue weighted by Crippen LogP contribution is 2.38. The molecule has 18 heavy (non-hydrogen) atoms. The first-order valence-electron chi connectivity index (χ1n) is 6.24. The number of anilines is 1. The molecule has 0 atom stereocenters. The van der Waals surface area contributed by atoms with Gasteiger partial charge in [0.05, 0.1) is 5.52 Å². The van der Waals surface area contributed by atoms with E-state index < -0.39 is 0 Å². The molecule has 2 N–H and O–H groups in total. The summed E-state index contributed by atoms with van der Waals surface area (Å²) in [6.45, 7) is 0. The summed E-state index contributed by atoms with van der Waals surface area (Å²) in [5, 5.41) is 1.80. The number of hydrogen-bond acceptors (Lipinski definition) is 3. The van der Waals surface area contributed by atoms with Crippen molar-refractivity contribution in [2.24, 2.45) is 0 Å². The van der Waals surface area contributed by atoms with Crippen molar-refractivity contribution in [1.82, 2.24) is 4.98 Å². The second-order valence-corrected chi connectivity index (χ2v) is 6.98. The Kier molecular flexibility index (Phi) is 3.48. The summed E-state index contributed by atoms with van der Waals surface area (Å²) in [5.74, 6) is 0. The molecular formula is C14H15BrN2S. The molecule has 1 aliphatic carbocycles. The fourth-order valence-electron chi connectivity index (χ4n) is 2.47. The summed E-state index contributed by atoms with van der Waals surface area (Å²) in [4.78, 5) is 5.80. The molecule has 0 unspecified atom stereocenters. The van der Waals surface area contributed by atoms with Gasteiger partial charge in [0.25, 0.3) is 0 Å². The van der Waals surface area contributed by atoms with Crippen LogP contribution in [0.15, 0.2) is 33.8 Å². The fourth-order valence-corrected chi connectivity index (χ4v) is 4.15. The number of pyridine rings is 1. The molecule has 0 saturated heterocycles. The lowest BCUT2D eigenvalue weighted by molar-refractivity contribution is 0.886. The number of nitrogen functional groups attached to an aromatic ring is 1. The molecule has 1 aliphatic rings. The van der Waals surface area contributed by atoms with E-state index in [4.69, 9.17) is 5.73 Å². The topological polar surface area (TPSA) is 38.9 Å². The number of nitrogens with zero attached hydrogens (tertiary/aromatic N) is 1. The molecule has 0 bridgehead atoms. The third kappa shape index (κ3) is 2.36. The van der Waals surface area contributed by atoms with Crippen LogP contribution in [0.4, 0.5) is 5.69 Å². The van der Waals surface area contributed by atoms with Crippen LogP contribution < -0.4 is 5.73 Å². The number of thioether (sulfide) groups is 1. The van der Waals surface area contributed by atoms with Crippen LogP contribution in [0.2, 0.25) is 0 Å². The molecular weight excluding hydrogens is 308 g/mol. The van der Waals surface area contributed by atoms with E-state index in [2.05, 4.69) is 33.0 Å². The SMILES string of the molecule is Nc1ccc(SC2CCCC2)c2ncc(Br)cc12. The van der Waals surface area contributed by atoms with E-state index in [0.717, 1.165) is 26.3 Å². The zero-order valence-corrected chi connectivity index (χ0v) is 12.4. The summed E-state index contributed by atoms with van der Waals surface area (Å²) >= 11 is 5.42. The Bertz CT molecular complexity index is 579. The molecule has 3 rings (SSSR count). The predicted octanol–water partition coefficient (Wildman–Crippen LogP) is 4.61. The number of rotatable bonds is 2. The average Bonchev–Trinajstić information content (AvgIpc) is 2.86. The van der Waals surface area contributed by atoms with Gasteiger partial charge in [-0.3, -0.25) is 4.98 Å². The maximum atomic E-state index is 6.03. The molecule has 1 aromatic carbocycles. The van der Waals surface area contributed by atoms with Crippen LogP contribution in [0.1, 0.15) is 25.7 Å². The van der Waals surface area contributed by atoms with Crippen LogP contribution >= 0.6 is 27.7 Å². The summed E-state index contributed by atoms with van der Waals surface area (Å²) in [6, 6.07) is 6.16. The number of aromatic nitrogens is 1. The van der Waals surface area contributed by atoms with Crippen LogP contribution in [0.3, 0.4) is 0 Å². The lowest BCUT2D eigenvalue weighted by Crippen LogP contribution is -1.96. The van der Waals surface area contributed by atoms with Crippen LogP contribution in [-0.2, 0) is 0 Å². The van der Waals surface area contributed by atoms with E-state index in [1.54, 1.807) is 0 Å². The van der Waals surface area contributed by atoms with Gasteiger partial charge in [-0.1, -0.05) is 12.8 Å². The number of nitrogens with two attached hydrogens (primary N) is 1. The Labute approximate surface area is 119 Å². The number of hydrogen-bond donors (Lipinski definition) is 1. The molecule has 94 valence electrons. The maximum absolute atomic E-state index is 6.03. The van der Waals surface area contributed by atoms with Gasteiger partial charge in [-0.15, -0.1) is 11.8 Å². The summed E-state index contributed by atoms with van der Waals surface area (Å²) in [6.07, 6.45) is 7.23. The van der Waals surface area contributed by atoms with Gasteiger partial charge < -0.3 is 5.73 Å². The minimum atomic E-state index is 0.752. The van der Waals surface area contributed by atoms with E-state index in [1.807, 2.05) is 24.0 Å². The smallest absolute Gasteiger partial charge is 0.0859 e. The van der Waals surface area contributed by atoms with Crippen LogP contribution in [0.5, 0.6) is 0 Å². The first-order chi connectivity index (χ1) is 8.74. The molecule has 1 fully saturated rings. The van der Waals surface area contributed by atoms with Gasteiger partial charge >= 0.3 is 0 Å². The Morgan fingerprint density at radius 1 is 1.28 bits per heavy atom. The highest BCUT2D eigenvalue weighted by molar-refractivity contribution is 9.10. The molecule has 1 aromatic heterocycles. The zero-order valence-electron chi connectivity index (χ0n) is 10.0. The van der Waals surface area contributed by atoms with Crippen molar-refractivity contribution in [2.45, 2.75) is 35.8 Å². The van der Waals surface area contributed by atoms with Crippen LogP contribution in [-0.4, -0.2) is 10.2 Å². The Hall–Kier alpha value is -0.740. The van der Waals surface area contributed by atoms with Gasteiger partial charge in [0.2, 0.25) is 0 Å². The molecule has 1 heterocycles. The molecule has 0 spiro atoms. The summed E-state index contributed by atoms with van der Waals surface area (Å²) in [7, 11) is 0. The second-order valence-electron chi connectivity index (χ2n) is 4.73. The van der Waals surface area contributed by atoms with Crippen molar-refractivity contribution < 1.29 is 0 Å². The van der Waals surface area contributed by atoms with Gasteiger partial charge in [-0.05, 0) is 47.0 Å². The van der Waals surface area contributed by atoms with Gasteiger partial charge in [0.15, 0.2) is 0 Å². The predicted molar refractivity (Wildman–Crippen MR) is 82.0 cm³/mol. The molecule has 2 aromatic rings. The molecule has 2 nitrogen and oxygen atoms in total. The lowest BCUT2D eigenvalue weighted by atomic mass is 10.2. The Morgan fingerprint density at radius 3 is 2.83 bits per heavy atom. The summed E-state index contributed by atoms with van der Waals surface area (Å²) < 4.78 is 0.977. The Morgan fingerprint density at radius 2 is 2.06 bits per heavy atom. The third-order valence-corrected chi connectivity index (χ3v) is 5.23. The van der Waals surface area contributed by atoms with E-state index in [-0.39, 0.29) is 0 Å². The largest absolute Gasteiger partial charge is 0.398 e. The minimum absolute atomic E-state index is 0.752. The van der Waals surface area contributed by atoms with Gasteiger partial charge in [0.1, 0.15) is 0 Å². The molecule has 0 aliphatic heterocycles. The van der Waals surface area contributed by atoms with Crippen LogP contribution in [0, 0.1) is 0 Å². The highest BCUT2D eigenvalue weighted by Gasteiger charge is 2.18. The lowest BCUT2D eigenvalue weighted by Gasteiger charge is -2.12.